The van der Waals surface area contributed by atoms with Crippen LogP contribution in [0.15, 0.2) is 23.6 Å². The minimum atomic E-state index is -3.95. The molecule has 0 aliphatic rings. The van der Waals surface area contributed by atoms with Crippen molar-refractivity contribution in [1.82, 2.24) is 0 Å². The van der Waals surface area contributed by atoms with Crippen LogP contribution >= 0.6 is 0 Å². The predicted octanol–water partition coefficient (Wildman–Crippen LogP) is 3.48. The van der Waals surface area contributed by atoms with E-state index in [-0.39, 0.29) is 0 Å². The summed E-state index contributed by atoms with van der Waals surface area (Å²) in [5.74, 6) is -8.63. The molecular weight excluding hydrogens is 193 g/mol. The zero-order valence-electron chi connectivity index (χ0n) is 5.22. The van der Waals surface area contributed by atoms with Gasteiger partial charge in [0.2, 0.25) is 17.5 Å². The summed E-state index contributed by atoms with van der Waals surface area (Å²) in [6, 6.07) is 0. The minimum absolute atomic E-state index is 2.85. The summed E-state index contributed by atoms with van der Waals surface area (Å²) in [5, 5.41) is 0. The third-order valence-corrected chi connectivity index (χ3v) is 0.760. The molecule has 0 bridgehead atoms. The van der Waals surface area contributed by atoms with Gasteiger partial charge in [0.05, 0.1) is 0 Å². The average Bonchev–Trinajstić information content (AvgIpc) is 2.00. The van der Waals surface area contributed by atoms with Gasteiger partial charge in [0.25, 0.3) is 6.43 Å². The van der Waals surface area contributed by atoms with Gasteiger partial charge < -0.3 is 0 Å². The number of allylic oxidation sites excluding steroid dienone is 3. The molecule has 0 spiro atoms. The van der Waals surface area contributed by atoms with Gasteiger partial charge >= 0.3 is 6.08 Å². The summed E-state index contributed by atoms with van der Waals surface area (Å²) >= 11 is 0. The van der Waals surface area contributed by atoms with Gasteiger partial charge in [-0.25, -0.2) is 17.6 Å². The molecule has 0 aromatic rings. The van der Waals surface area contributed by atoms with Gasteiger partial charge in [-0.15, -0.1) is 0 Å². The first-order chi connectivity index (χ1) is 5.37. The highest BCUT2D eigenvalue weighted by molar-refractivity contribution is 5.23. The van der Waals surface area contributed by atoms with Crippen LogP contribution in [-0.4, -0.2) is 6.43 Å². The molecule has 0 atom stereocenters. The zero-order chi connectivity index (χ0) is 9.89. The van der Waals surface area contributed by atoms with E-state index in [4.69, 9.17) is 0 Å². The zero-order valence-corrected chi connectivity index (χ0v) is 5.22. The molecule has 0 radical (unpaired) electrons. The van der Waals surface area contributed by atoms with Crippen LogP contribution in [0.5, 0.6) is 0 Å². The van der Waals surface area contributed by atoms with Crippen molar-refractivity contribution in [2.45, 2.75) is 6.43 Å². The molecule has 0 fully saturated rings. The van der Waals surface area contributed by atoms with Gasteiger partial charge in [0.15, 0.2) is 0 Å². The number of rotatable bonds is 2. The van der Waals surface area contributed by atoms with Crippen molar-refractivity contribution >= 4 is 0 Å². The molecule has 70 valence electrons. The quantitative estimate of drug-likeness (QED) is 0.466. The smallest absolute Gasteiger partial charge is 0.202 e. The SMILES string of the molecule is FC(F)=C(F)/C(F)=C(/F)C(F)F. The molecule has 0 rings (SSSR count). The van der Waals surface area contributed by atoms with Crippen LogP contribution in [0, 0.1) is 0 Å². The third kappa shape index (κ3) is 2.55. The fourth-order valence-corrected chi connectivity index (χ4v) is 0.284. The van der Waals surface area contributed by atoms with Gasteiger partial charge in [-0.05, 0) is 0 Å². The average molecular weight is 194 g/mol. The van der Waals surface area contributed by atoms with Gasteiger partial charge in [-0.2, -0.15) is 13.2 Å². The lowest BCUT2D eigenvalue weighted by atomic mass is 10.4. The Bertz CT molecular complexity index is 222. The third-order valence-electron chi connectivity index (χ3n) is 0.760. The second-order valence-corrected chi connectivity index (χ2v) is 1.54. The molecule has 0 saturated heterocycles. The van der Waals surface area contributed by atoms with Crippen LogP contribution < -0.4 is 0 Å². The van der Waals surface area contributed by atoms with E-state index in [9.17, 15) is 30.7 Å². The number of hydrogen-bond donors (Lipinski definition) is 0. The molecule has 12 heavy (non-hydrogen) atoms. The fraction of sp³-hybridized carbons (Fsp3) is 0.200. The van der Waals surface area contributed by atoms with Crippen LogP contribution in [-0.2, 0) is 0 Å². The summed E-state index contributed by atoms with van der Waals surface area (Å²) in [6.07, 6.45) is -7.14. The lowest BCUT2D eigenvalue weighted by molar-refractivity contribution is 0.152. The maximum atomic E-state index is 11.8. The first-order valence-corrected chi connectivity index (χ1v) is 2.42. The predicted molar refractivity (Wildman–Crippen MR) is 25.6 cm³/mol. The Balaban J connectivity index is 4.93. The Kier molecular flexibility index (Phi) is 3.78. The van der Waals surface area contributed by atoms with Crippen molar-refractivity contribution in [3.05, 3.63) is 23.6 Å². The highest BCUT2D eigenvalue weighted by Gasteiger charge is 2.23. The molecular formula is C5HF7. The Labute approximate surface area is 62.0 Å². The van der Waals surface area contributed by atoms with E-state index in [0.717, 1.165) is 0 Å². The van der Waals surface area contributed by atoms with E-state index < -0.39 is 30.0 Å². The summed E-state index contributed by atoms with van der Waals surface area (Å²) < 4.78 is 79.8. The monoisotopic (exact) mass is 194 g/mol. The van der Waals surface area contributed by atoms with E-state index in [1.54, 1.807) is 0 Å². The van der Waals surface area contributed by atoms with Crippen LogP contribution in [0.25, 0.3) is 0 Å². The van der Waals surface area contributed by atoms with Crippen molar-refractivity contribution in [3.63, 3.8) is 0 Å². The van der Waals surface area contributed by atoms with Crippen LogP contribution in [0.4, 0.5) is 30.7 Å². The second kappa shape index (κ2) is 4.13. The lowest BCUT2D eigenvalue weighted by Crippen LogP contribution is -1.94. The highest BCUT2D eigenvalue weighted by Crippen LogP contribution is 2.26. The Morgan fingerprint density at radius 2 is 1.17 bits per heavy atom. The maximum Gasteiger partial charge on any atom is 0.308 e. The van der Waals surface area contributed by atoms with Crippen LogP contribution in [0.2, 0.25) is 0 Å². The summed E-state index contributed by atoms with van der Waals surface area (Å²) in [7, 11) is 0. The highest BCUT2D eigenvalue weighted by atomic mass is 19.3. The van der Waals surface area contributed by atoms with Crippen molar-refractivity contribution in [1.29, 1.82) is 0 Å². The molecule has 0 aromatic heterocycles. The van der Waals surface area contributed by atoms with Crippen molar-refractivity contribution < 1.29 is 30.7 Å². The molecule has 0 nitrogen and oxygen atoms in total. The van der Waals surface area contributed by atoms with E-state index in [1.165, 1.54) is 0 Å². The van der Waals surface area contributed by atoms with E-state index >= 15 is 0 Å². The number of halogens is 7. The maximum absolute atomic E-state index is 11.8. The van der Waals surface area contributed by atoms with Gasteiger partial charge in [-0.1, -0.05) is 0 Å². The number of hydrogen-bond acceptors (Lipinski definition) is 0. The molecule has 7 heteroatoms. The van der Waals surface area contributed by atoms with E-state index in [0.29, 0.717) is 0 Å². The van der Waals surface area contributed by atoms with Gasteiger partial charge in [0, 0.05) is 0 Å². The van der Waals surface area contributed by atoms with Gasteiger partial charge in [-0.3, -0.25) is 0 Å². The van der Waals surface area contributed by atoms with Crippen molar-refractivity contribution in [2.75, 3.05) is 0 Å². The largest absolute Gasteiger partial charge is 0.308 e. The number of alkyl halides is 2. The Morgan fingerprint density at radius 1 is 0.750 bits per heavy atom. The summed E-state index contributed by atoms with van der Waals surface area (Å²) in [5.41, 5.74) is 0. The molecule has 0 unspecified atom stereocenters. The molecule has 0 aliphatic carbocycles. The molecule has 0 aromatic carbocycles. The summed E-state index contributed by atoms with van der Waals surface area (Å²) in [6.45, 7) is 0. The van der Waals surface area contributed by atoms with E-state index in [1.807, 2.05) is 0 Å². The second-order valence-electron chi connectivity index (χ2n) is 1.54. The Hall–Kier alpha value is -1.01. The summed E-state index contributed by atoms with van der Waals surface area (Å²) in [4.78, 5) is 0. The normalized spacial score (nSPS) is 13.0. The lowest BCUT2D eigenvalue weighted by Gasteiger charge is -1.95. The molecule has 0 saturated carbocycles. The van der Waals surface area contributed by atoms with Crippen LogP contribution in [0.1, 0.15) is 0 Å². The molecule has 0 amide bonds. The first-order valence-electron chi connectivity index (χ1n) is 2.42. The molecule has 0 N–H and O–H groups in total. The van der Waals surface area contributed by atoms with Gasteiger partial charge in [0.1, 0.15) is 0 Å². The first kappa shape index (κ1) is 11.0. The minimum Gasteiger partial charge on any atom is -0.202 e. The van der Waals surface area contributed by atoms with Crippen LogP contribution in [0.3, 0.4) is 0 Å². The molecule has 0 heterocycles. The fourth-order valence-electron chi connectivity index (χ4n) is 0.284. The molecule has 0 aliphatic heterocycles. The topological polar surface area (TPSA) is 0 Å². The van der Waals surface area contributed by atoms with Crippen molar-refractivity contribution in [2.24, 2.45) is 0 Å². The standard InChI is InChI=1S/C5HF7/c6-1(2(7)4(9)10)3(8)5(11)12/h4H/b2-1-. The Morgan fingerprint density at radius 3 is 1.42 bits per heavy atom. The van der Waals surface area contributed by atoms with Crippen molar-refractivity contribution in [3.8, 4) is 0 Å². The van der Waals surface area contributed by atoms with E-state index in [2.05, 4.69) is 0 Å².